The second-order valence-corrected chi connectivity index (χ2v) is 6.45. The highest BCUT2D eigenvalue weighted by Crippen LogP contribution is 2.23. The number of benzene rings is 1. The number of fused-ring (bicyclic) bond motifs is 1. The Labute approximate surface area is 126 Å². The first-order chi connectivity index (χ1) is 10.1. The number of amides is 1. The van der Waals surface area contributed by atoms with Gasteiger partial charge in [0.1, 0.15) is 0 Å². The smallest absolute Gasteiger partial charge is 0.253 e. The molecule has 1 amide bonds. The van der Waals surface area contributed by atoms with Crippen LogP contribution in [0, 0.1) is 5.92 Å². The fourth-order valence-corrected chi connectivity index (χ4v) is 3.39. The van der Waals surface area contributed by atoms with Crippen LogP contribution in [-0.4, -0.2) is 37.0 Å². The largest absolute Gasteiger partial charge is 0.341 e. The molecule has 1 aromatic rings. The minimum Gasteiger partial charge on any atom is -0.341 e. The molecule has 3 rings (SSSR count). The van der Waals surface area contributed by atoms with E-state index in [9.17, 15) is 4.79 Å². The minimum atomic E-state index is 0.141. The zero-order valence-electron chi connectivity index (χ0n) is 13.0. The van der Waals surface area contributed by atoms with Gasteiger partial charge in [-0.05, 0) is 55.9 Å². The number of carbonyl (C=O) groups is 1. The van der Waals surface area contributed by atoms with Gasteiger partial charge in [-0.2, -0.15) is 0 Å². The van der Waals surface area contributed by atoms with Crippen LogP contribution in [0.3, 0.4) is 0 Å². The number of nitrogens with zero attached hydrogens (tertiary/aromatic N) is 1. The second-order valence-electron chi connectivity index (χ2n) is 6.45. The molecule has 1 aliphatic carbocycles. The molecule has 1 aliphatic heterocycles. The Bertz CT molecular complexity index is 529. The predicted octanol–water partition coefficient (Wildman–Crippen LogP) is 1.75. The Hall–Kier alpha value is -1.39. The zero-order valence-corrected chi connectivity index (χ0v) is 13.0. The summed E-state index contributed by atoms with van der Waals surface area (Å²) in [4.78, 5) is 14.5. The topological polar surface area (TPSA) is 44.4 Å². The summed E-state index contributed by atoms with van der Waals surface area (Å²) in [6, 6.07) is 6.67. The van der Waals surface area contributed by atoms with Crippen molar-refractivity contribution < 1.29 is 4.79 Å². The van der Waals surface area contributed by atoms with Crippen LogP contribution in [0.5, 0.6) is 0 Å². The lowest BCUT2D eigenvalue weighted by Gasteiger charge is -2.24. The van der Waals surface area contributed by atoms with Crippen LogP contribution in [-0.2, 0) is 12.8 Å². The molecule has 1 aromatic carbocycles. The Morgan fingerprint density at radius 2 is 2.05 bits per heavy atom. The van der Waals surface area contributed by atoms with Gasteiger partial charge in [0.2, 0.25) is 0 Å². The number of rotatable bonds is 3. The van der Waals surface area contributed by atoms with Gasteiger partial charge in [0.25, 0.3) is 5.91 Å². The lowest BCUT2D eigenvalue weighted by atomic mass is 9.90. The maximum atomic E-state index is 12.6. The van der Waals surface area contributed by atoms with Crippen LogP contribution in [0.4, 0.5) is 0 Å². The molecule has 4 heteroatoms. The third kappa shape index (κ3) is 3.11. The highest BCUT2D eigenvalue weighted by molar-refractivity contribution is 5.94. The van der Waals surface area contributed by atoms with Crippen molar-refractivity contribution in [1.29, 1.82) is 0 Å². The van der Waals surface area contributed by atoms with Gasteiger partial charge in [-0.3, -0.25) is 15.6 Å². The SMILES string of the molecule is CC1NNCC1CN(C)C(=O)c1ccc2c(c1)CCCC2. The van der Waals surface area contributed by atoms with Crippen molar-refractivity contribution in [2.24, 2.45) is 5.92 Å². The fraction of sp³-hybridized carbons (Fsp3) is 0.588. The lowest BCUT2D eigenvalue weighted by molar-refractivity contribution is 0.0772. The highest BCUT2D eigenvalue weighted by atomic mass is 16.2. The van der Waals surface area contributed by atoms with Gasteiger partial charge < -0.3 is 4.90 Å². The third-order valence-corrected chi connectivity index (χ3v) is 4.85. The first-order valence-electron chi connectivity index (χ1n) is 8.01. The lowest BCUT2D eigenvalue weighted by Crippen LogP contribution is -2.36. The number of aryl methyl sites for hydroxylation is 2. The number of hydrazine groups is 1. The van der Waals surface area contributed by atoms with Crippen molar-refractivity contribution in [2.45, 2.75) is 38.6 Å². The van der Waals surface area contributed by atoms with Crippen molar-refractivity contribution in [3.63, 3.8) is 0 Å². The summed E-state index contributed by atoms with van der Waals surface area (Å²) in [5.74, 6) is 0.610. The van der Waals surface area contributed by atoms with Crippen molar-refractivity contribution in [3.05, 3.63) is 34.9 Å². The summed E-state index contributed by atoms with van der Waals surface area (Å²) >= 11 is 0. The van der Waals surface area contributed by atoms with E-state index in [1.165, 1.54) is 24.0 Å². The summed E-state index contributed by atoms with van der Waals surface area (Å²) in [5.41, 5.74) is 10.0. The third-order valence-electron chi connectivity index (χ3n) is 4.85. The molecule has 0 saturated carbocycles. The van der Waals surface area contributed by atoms with E-state index in [1.54, 1.807) is 0 Å². The van der Waals surface area contributed by atoms with Crippen LogP contribution >= 0.6 is 0 Å². The Balaban J connectivity index is 1.69. The van der Waals surface area contributed by atoms with Gasteiger partial charge in [0, 0.05) is 37.7 Å². The van der Waals surface area contributed by atoms with Crippen LogP contribution in [0.2, 0.25) is 0 Å². The van der Waals surface area contributed by atoms with E-state index >= 15 is 0 Å². The molecule has 2 aliphatic rings. The van der Waals surface area contributed by atoms with Crippen LogP contribution in [0.1, 0.15) is 41.3 Å². The second kappa shape index (κ2) is 6.16. The predicted molar refractivity (Wildman–Crippen MR) is 84.1 cm³/mol. The quantitative estimate of drug-likeness (QED) is 0.890. The standard InChI is InChI=1S/C17H25N3O/c1-12-16(10-18-19-12)11-20(2)17(21)15-8-7-13-5-3-4-6-14(13)9-15/h7-9,12,16,18-19H,3-6,10-11H2,1-2H3. The first kappa shape index (κ1) is 14.5. The van der Waals surface area contributed by atoms with Crippen molar-refractivity contribution in [3.8, 4) is 0 Å². The minimum absolute atomic E-state index is 0.141. The highest BCUT2D eigenvalue weighted by Gasteiger charge is 2.26. The summed E-state index contributed by atoms with van der Waals surface area (Å²) in [5, 5.41) is 0. The number of hydrogen-bond donors (Lipinski definition) is 2. The normalized spacial score (nSPS) is 24.7. The van der Waals surface area contributed by atoms with Crippen molar-refractivity contribution in [2.75, 3.05) is 20.1 Å². The van der Waals surface area contributed by atoms with E-state index in [2.05, 4.69) is 29.9 Å². The molecular formula is C17H25N3O. The first-order valence-corrected chi connectivity index (χ1v) is 8.01. The molecule has 1 heterocycles. The van der Waals surface area contributed by atoms with E-state index in [0.717, 1.165) is 31.5 Å². The van der Waals surface area contributed by atoms with Gasteiger partial charge in [-0.25, -0.2) is 0 Å². The summed E-state index contributed by atoms with van der Waals surface area (Å²) < 4.78 is 0. The van der Waals surface area contributed by atoms with Gasteiger partial charge in [0.05, 0.1) is 0 Å². The van der Waals surface area contributed by atoms with E-state index in [-0.39, 0.29) is 5.91 Å². The molecule has 114 valence electrons. The van der Waals surface area contributed by atoms with E-state index in [4.69, 9.17) is 0 Å². The summed E-state index contributed by atoms with van der Waals surface area (Å²) in [7, 11) is 1.91. The molecule has 4 nitrogen and oxygen atoms in total. The summed E-state index contributed by atoms with van der Waals surface area (Å²) in [6.07, 6.45) is 4.81. The maximum absolute atomic E-state index is 12.6. The van der Waals surface area contributed by atoms with Crippen LogP contribution < -0.4 is 10.9 Å². The molecule has 1 saturated heterocycles. The Morgan fingerprint density at radius 1 is 1.29 bits per heavy atom. The molecule has 0 spiro atoms. The van der Waals surface area contributed by atoms with E-state index in [1.807, 2.05) is 18.0 Å². The molecule has 0 radical (unpaired) electrons. The molecule has 1 fully saturated rings. The molecule has 2 unspecified atom stereocenters. The zero-order chi connectivity index (χ0) is 14.8. The molecule has 21 heavy (non-hydrogen) atoms. The Morgan fingerprint density at radius 3 is 2.76 bits per heavy atom. The Kier molecular flexibility index (Phi) is 4.27. The molecule has 0 bridgehead atoms. The van der Waals surface area contributed by atoms with Gasteiger partial charge in [-0.15, -0.1) is 0 Å². The van der Waals surface area contributed by atoms with Crippen LogP contribution in [0.15, 0.2) is 18.2 Å². The molecule has 2 N–H and O–H groups in total. The number of carbonyl (C=O) groups excluding carboxylic acids is 1. The fourth-order valence-electron chi connectivity index (χ4n) is 3.39. The molecular weight excluding hydrogens is 262 g/mol. The van der Waals surface area contributed by atoms with Crippen molar-refractivity contribution in [1.82, 2.24) is 15.8 Å². The van der Waals surface area contributed by atoms with Crippen LogP contribution in [0.25, 0.3) is 0 Å². The monoisotopic (exact) mass is 287 g/mol. The van der Waals surface area contributed by atoms with Gasteiger partial charge >= 0.3 is 0 Å². The number of nitrogens with one attached hydrogen (secondary N) is 2. The molecule has 2 atom stereocenters. The molecule has 0 aromatic heterocycles. The average molecular weight is 287 g/mol. The van der Waals surface area contributed by atoms with Crippen molar-refractivity contribution >= 4 is 5.91 Å². The van der Waals surface area contributed by atoms with E-state index in [0.29, 0.717) is 12.0 Å². The average Bonchev–Trinajstić information content (AvgIpc) is 2.91. The van der Waals surface area contributed by atoms with Gasteiger partial charge in [0.15, 0.2) is 0 Å². The number of hydrogen-bond acceptors (Lipinski definition) is 3. The van der Waals surface area contributed by atoms with E-state index < -0.39 is 0 Å². The van der Waals surface area contributed by atoms with Gasteiger partial charge in [-0.1, -0.05) is 6.07 Å². The summed E-state index contributed by atoms with van der Waals surface area (Å²) in [6.45, 7) is 3.86. The maximum Gasteiger partial charge on any atom is 0.253 e.